The molecule has 114 valence electrons. The first-order chi connectivity index (χ1) is 10.1. The highest BCUT2D eigenvalue weighted by molar-refractivity contribution is 6.30. The number of benzene rings is 1. The van der Waals surface area contributed by atoms with Gasteiger partial charge in [-0.3, -0.25) is 0 Å². The van der Waals surface area contributed by atoms with Crippen LogP contribution in [0.25, 0.3) is 0 Å². The van der Waals surface area contributed by atoms with Crippen molar-refractivity contribution in [3.8, 4) is 5.75 Å². The maximum absolute atomic E-state index is 13.7. The van der Waals surface area contributed by atoms with Crippen LogP contribution in [0.15, 0.2) is 18.2 Å². The molecule has 2 rings (SSSR count). The molecule has 0 bridgehead atoms. The maximum atomic E-state index is 13.7. The highest BCUT2D eigenvalue weighted by Gasteiger charge is 2.09. The minimum Gasteiger partial charge on any atom is -0.497 e. The number of halogens is 2. The zero-order valence-electron chi connectivity index (χ0n) is 12.2. The van der Waals surface area contributed by atoms with Gasteiger partial charge in [0, 0.05) is 12.5 Å². The quantitative estimate of drug-likeness (QED) is 0.807. The van der Waals surface area contributed by atoms with Crippen molar-refractivity contribution in [2.24, 2.45) is 0 Å². The molecule has 0 saturated heterocycles. The number of imidazole rings is 1. The Morgan fingerprint density at radius 1 is 1.43 bits per heavy atom. The van der Waals surface area contributed by atoms with E-state index in [0.717, 1.165) is 30.8 Å². The van der Waals surface area contributed by atoms with Gasteiger partial charge in [0.05, 0.1) is 25.0 Å². The first-order valence-corrected chi connectivity index (χ1v) is 7.32. The number of nitrogens with zero attached hydrogens (tertiary/aromatic N) is 1. The van der Waals surface area contributed by atoms with Crippen LogP contribution in [0, 0.1) is 5.82 Å². The van der Waals surface area contributed by atoms with Gasteiger partial charge in [-0.05, 0) is 18.6 Å². The van der Waals surface area contributed by atoms with Crippen LogP contribution in [0.1, 0.15) is 31.3 Å². The molecule has 1 aromatic carbocycles. The number of aromatic amines is 1. The van der Waals surface area contributed by atoms with Crippen molar-refractivity contribution in [2.75, 3.05) is 12.4 Å². The summed E-state index contributed by atoms with van der Waals surface area (Å²) in [6, 6.07) is 4.55. The number of H-pyrrole nitrogens is 1. The molecule has 0 fully saturated rings. The highest BCUT2D eigenvalue weighted by atomic mass is 35.5. The molecule has 0 aliphatic heterocycles. The van der Waals surface area contributed by atoms with Gasteiger partial charge in [0.1, 0.15) is 17.4 Å². The molecule has 4 nitrogen and oxygen atoms in total. The van der Waals surface area contributed by atoms with Gasteiger partial charge >= 0.3 is 0 Å². The number of hydrogen-bond donors (Lipinski definition) is 2. The summed E-state index contributed by atoms with van der Waals surface area (Å²) >= 11 is 6.09. The second kappa shape index (κ2) is 7.31. The molecule has 2 N–H and O–H groups in total. The summed E-state index contributed by atoms with van der Waals surface area (Å²) in [6.45, 7) is 2.50. The van der Waals surface area contributed by atoms with Gasteiger partial charge in [-0.2, -0.15) is 0 Å². The van der Waals surface area contributed by atoms with Gasteiger partial charge in [0.2, 0.25) is 0 Å². The molecule has 0 atom stereocenters. The second-order valence-corrected chi connectivity index (χ2v) is 5.11. The zero-order chi connectivity index (χ0) is 15.2. The van der Waals surface area contributed by atoms with E-state index < -0.39 is 0 Å². The Hall–Kier alpha value is -1.75. The monoisotopic (exact) mass is 311 g/mol. The molecule has 0 aliphatic carbocycles. The molecule has 1 aromatic heterocycles. The number of unbranched alkanes of at least 4 members (excludes halogenated alkanes) is 1. The van der Waals surface area contributed by atoms with Crippen molar-refractivity contribution in [1.29, 1.82) is 0 Å². The van der Waals surface area contributed by atoms with E-state index in [4.69, 9.17) is 16.3 Å². The molecular formula is C15H19ClFN3O. The normalized spacial score (nSPS) is 10.7. The zero-order valence-corrected chi connectivity index (χ0v) is 12.9. The lowest BCUT2D eigenvalue weighted by Gasteiger charge is -2.08. The molecule has 0 aliphatic rings. The summed E-state index contributed by atoms with van der Waals surface area (Å²) in [7, 11) is 1.54. The number of ether oxygens (including phenoxy) is 1. The van der Waals surface area contributed by atoms with Gasteiger partial charge in [0.15, 0.2) is 5.15 Å². The molecule has 21 heavy (non-hydrogen) atoms. The number of hydrogen-bond acceptors (Lipinski definition) is 3. The standard InChI is InChI=1S/C15H19ClFN3O/c1-3-4-5-14-19-13(15(16)20-14)9-18-12-8-10(21-2)6-7-11(12)17/h6-8,18H,3-5,9H2,1-2H3,(H,19,20). The Bertz CT molecular complexity index is 601. The molecule has 1 heterocycles. The Balaban J connectivity index is 2.04. The predicted molar refractivity (Wildman–Crippen MR) is 82.5 cm³/mol. The molecule has 0 spiro atoms. The Kier molecular flexibility index (Phi) is 5.44. The molecule has 0 amide bonds. The molecule has 0 saturated carbocycles. The Morgan fingerprint density at radius 2 is 2.24 bits per heavy atom. The lowest BCUT2D eigenvalue weighted by atomic mass is 10.2. The van der Waals surface area contributed by atoms with Crippen LogP contribution >= 0.6 is 11.6 Å². The minimum atomic E-state index is -0.336. The van der Waals surface area contributed by atoms with Gasteiger partial charge in [-0.15, -0.1) is 0 Å². The first-order valence-electron chi connectivity index (χ1n) is 6.94. The van der Waals surface area contributed by atoms with E-state index >= 15 is 0 Å². The third-order valence-electron chi connectivity index (χ3n) is 3.17. The van der Waals surface area contributed by atoms with Crippen LogP contribution in [0.5, 0.6) is 5.75 Å². The maximum Gasteiger partial charge on any atom is 0.152 e. The molecule has 0 radical (unpaired) electrons. The largest absolute Gasteiger partial charge is 0.497 e. The van der Waals surface area contributed by atoms with Crippen molar-refractivity contribution < 1.29 is 9.13 Å². The van der Waals surface area contributed by atoms with Crippen LogP contribution in [-0.4, -0.2) is 17.1 Å². The third-order valence-corrected chi connectivity index (χ3v) is 3.49. The van der Waals surface area contributed by atoms with Gasteiger partial charge in [-0.25, -0.2) is 9.37 Å². The average molecular weight is 312 g/mol. The van der Waals surface area contributed by atoms with E-state index in [9.17, 15) is 4.39 Å². The number of nitrogens with one attached hydrogen (secondary N) is 2. The molecule has 6 heteroatoms. The van der Waals surface area contributed by atoms with Crippen molar-refractivity contribution in [2.45, 2.75) is 32.7 Å². The van der Waals surface area contributed by atoms with Crippen molar-refractivity contribution in [1.82, 2.24) is 9.97 Å². The van der Waals surface area contributed by atoms with Gasteiger partial charge < -0.3 is 15.0 Å². The predicted octanol–water partition coefficient (Wildman–Crippen LogP) is 4.17. The number of anilines is 1. The van der Waals surface area contributed by atoms with E-state index in [2.05, 4.69) is 22.2 Å². The fourth-order valence-corrected chi connectivity index (χ4v) is 2.19. The topological polar surface area (TPSA) is 49.9 Å². The summed E-state index contributed by atoms with van der Waals surface area (Å²) in [6.07, 6.45) is 3.02. The smallest absolute Gasteiger partial charge is 0.152 e. The summed E-state index contributed by atoms with van der Waals surface area (Å²) in [5.74, 6) is 1.13. The van der Waals surface area contributed by atoms with Crippen molar-refractivity contribution in [3.63, 3.8) is 0 Å². The fourth-order valence-electron chi connectivity index (χ4n) is 1.97. The number of rotatable bonds is 7. The number of aryl methyl sites for hydroxylation is 1. The van der Waals surface area contributed by atoms with Gasteiger partial charge in [0.25, 0.3) is 0 Å². The number of methoxy groups -OCH3 is 1. The molecule has 0 unspecified atom stereocenters. The van der Waals surface area contributed by atoms with Crippen LogP contribution in [0.4, 0.5) is 10.1 Å². The minimum absolute atomic E-state index is 0.336. The third kappa shape index (κ3) is 4.11. The average Bonchev–Trinajstić information content (AvgIpc) is 2.84. The summed E-state index contributed by atoms with van der Waals surface area (Å²) < 4.78 is 18.8. The van der Waals surface area contributed by atoms with E-state index in [1.807, 2.05) is 0 Å². The van der Waals surface area contributed by atoms with E-state index in [0.29, 0.717) is 23.1 Å². The van der Waals surface area contributed by atoms with Crippen LogP contribution in [0.2, 0.25) is 5.15 Å². The van der Waals surface area contributed by atoms with Crippen LogP contribution in [-0.2, 0) is 13.0 Å². The highest BCUT2D eigenvalue weighted by Crippen LogP contribution is 2.22. The van der Waals surface area contributed by atoms with Crippen molar-refractivity contribution >= 4 is 17.3 Å². The molecular weight excluding hydrogens is 293 g/mol. The fraction of sp³-hybridized carbons (Fsp3) is 0.400. The molecule has 2 aromatic rings. The number of aromatic nitrogens is 2. The summed E-state index contributed by atoms with van der Waals surface area (Å²) in [4.78, 5) is 7.44. The Labute approximate surface area is 128 Å². The SMILES string of the molecule is CCCCc1nc(Cl)c(CNc2cc(OC)ccc2F)[nH]1. The Morgan fingerprint density at radius 3 is 2.95 bits per heavy atom. The lowest BCUT2D eigenvalue weighted by Crippen LogP contribution is -2.03. The van der Waals surface area contributed by atoms with E-state index in [1.165, 1.54) is 6.07 Å². The second-order valence-electron chi connectivity index (χ2n) is 4.76. The van der Waals surface area contributed by atoms with E-state index in [1.54, 1.807) is 19.2 Å². The lowest BCUT2D eigenvalue weighted by molar-refractivity contribution is 0.414. The van der Waals surface area contributed by atoms with Crippen molar-refractivity contribution in [3.05, 3.63) is 40.7 Å². The van der Waals surface area contributed by atoms with Crippen LogP contribution in [0.3, 0.4) is 0 Å². The van der Waals surface area contributed by atoms with Gasteiger partial charge in [-0.1, -0.05) is 24.9 Å². The first kappa shape index (κ1) is 15.6. The summed E-state index contributed by atoms with van der Waals surface area (Å²) in [5, 5.41) is 3.43. The van der Waals surface area contributed by atoms with E-state index in [-0.39, 0.29) is 5.82 Å². The summed E-state index contributed by atoms with van der Waals surface area (Å²) in [5.41, 5.74) is 1.13. The van der Waals surface area contributed by atoms with Crippen LogP contribution < -0.4 is 10.1 Å².